The molecule has 244 valence electrons. The van der Waals surface area contributed by atoms with E-state index in [2.05, 4.69) is 43.0 Å². The topological polar surface area (TPSA) is 6.48 Å². The first-order chi connectivity index (χ1) is 20.3. The number of hydrogen-bond acceptors (Lipinski definition) is 2. The van der Waals surface area contributed by atoms with Crippen LogP contribution in [0.15, 0.2) is 12.4 Å². The normalized spacial score (nSPS) is 15.0. The highest BCUT2D eigenvalue weighted by Crippen LogP contribution is 2.24. The van der Waals surface area contributed by atoms with Crippen molar-refractivity contribution < 1.29 is 0 Å². The van der Waals surface area contributed by atoms with E-state index in [0.29, 0.717) is 6.17 Å². The summed E-state index contributed by atoms with van der Waals surface area (Å²) in [4.78, 5) is 5.43. The molecule has 1 aliphatic rings. The van der Waals surface area contributed by atoms with E-state index in [0.717, 1.165) is 0 Å². The Hall–Kier alpha value is -0.660. The van der Waals surface area contributed by atoms with Gasteiger partial charge in [-0.15, -0.1) is 0 Å². The van der Waals surface area contributed by atoms with E-state index in [1.807, 2.05) is 0 Å². The fraction of sp³-hybridized carbons (Fsp3) is 0.949. The smallest absolute Gasteiger partial charge is 0.101 e. The molecule has 0 spiro atoms. The summed E-state index contributed by atoms with van der Waals surface area (Å²) in [6.45, 7) is 9.48. The molecule has 0 amide bonds. The van der Waals surface area contributed by atoms with E-state index < -0.39 is 0 Å². The molecular weight excluding hydrogens is 496 g/mol. The van der Waals surface area contributed by atoms with Crippen LogP contribution in [0.5, 0.6) is 0 Å². The lowest BCUT2D eigenvalue weighted by Crippen LogP contribution is -2.39. The lowest BCUT2D eigenvalue weighted by molar-refractivity contribution is 0.135. The van der Waals surface area contributed by atoms with Gasteiger partial charge in [0.25, 0.3) is 0 Å². The predicted octanol–water partition coefficient (Wildman–Crippen LogP) is 13.6. The highest BCUT2D eigenvalue weighted by Gasteiger charge is 2.24. The van der Waals surface area contributed by atoms with Crippen LogP contribution in [0, 0.1) is 0 Å². The first-order valence-electron chi connectivity index (χ1n) is 19.5. The average Bonchev–Trinajstić information content (AvgIpc) is 3.37. The number of unbranched alkanes of at least 4 members (excludes halogenated alkanes) is 27. The molecule has 0 fully saturated rings. The number of hydrogen-bond donors (Lipinski definition) is 0. The zero-order valence-corrected chi connectivity index (χ0v) is 29.0. The number of rotatable bonds is 33. The zero-order chi connectivity index (χ0) is 29.5. The van der Waals surface area contributed by atoms with Gasteiger partial charge in [0.15, 0.2) is 0 Å². The van der Waals surface area contributed by atoms with Gasteiger partial charge in [-0.3, -0.25) is 0 Å². The molecule has 1 atom stereocenters. The molecule has 1 heterocycles. The third-order valence-corrected chi connectivity index (χ3v) is 9.57. The van der Waals surface area contributed by atoms with E-state index in [9.17, 15) is 0 Å². The van der Waals surface area contributed by atoms with Crippen molar-refractivity contribution in [2.24, 2.45) is 0 Å². The SMILES string of the molecule is CCCCCCCCCCCCCCCC1N(CCCCCCCCC)C=CN1CCCCCCCCCCCC. The van der Waals surface area contributed by atoms with E-state index >= 15 is 0 Å². The Morgan fingerprint density at radius 1 is 0.317 bits per heavy atom. The maximum Gasteiger partial charge on any atom is 0.101 e. The van der Waals surface area contributed by atoms with Crippen LogP contribution in [0.4, 0.5) is 0 Å². The van der Waals surface area contributed by atoms with Crippen LogP contribution in [0.1, 0.15) is 220 Å². The summed E-state index contributed by atoms with van der Waals surface area (Å²) in [7, 11) is 0. The van der Waals surface area contributed by atoms with Crippen molar-refractivity contribution in [2.75, 3.05) is 13.1 Å². The van der Waals surface area contributed by atoms with Gasteiger partial charge in [-0.05, 0) is 25.7 Å². The maximum atomic E-state index is 2.71. The van der Waals surface area contributed by atoms with Crippen LogP contribution >= 0.6 is 0 Å². The molecule has 0 N–H and O–H groups in total. The Morgan fingerprint density at radius 3 is 0.854 bits per heavy atom. The fourth-order valence-corrected chi connectivity index (χ4v) is 6.72. The first-order valence-corrected chi connectivity index (χ1v) is 19.5. The summed E-state index contributed by atoms with van der Waals surface area (Å²) in [5.41, 5.74) is 0. The van der Waals surface area contributed by atoms with Gasteiger partial charge in [0.05, 0.1) is 0 Å². The second-order valence-corrected chi connectivity index (χ2v) is 13.6. The van der Waals surface area contributed by atoms with E-state index in [1.54, 1.807) is 0 Å². The largest absolute Gasteiger partial charge is 0.356 e. The molecular formula is C39H78N2. The summed E-state index contributed by atoms with van der Waals surface area (Å²) < 4.78 is 0. The molecule has 1 rings (SSSR count). The third-order valence-electron chi connectivity index (χ3n) is 9.57. The maximum absolute atomic E-state index is 2.71. The molecule has 0 aromatic rings. The molecule has 0 radical (unpaired) electrons. The first kappa shape index (κ1) is 38.4. The lowest BCUT2D eigenvalue weighted by Gasteiger charge is -2.33. The second kappa shape index (κ2) is 30.8. The van der Waals surface area contributed by atoms with Crippen LogP contribution in [0.2, 0.25) is 0 Å². The minimum atomic E-state index is 0.640. The van der Waals surface area contributed by atoms with Gasteiger partial charge in [0, 0.05) is 25.5 Å². The van der Waals surface area contributed by atoms with E-state index in [-0.39, 0.29) is 0 Å². The Balaban J connectivity index is 2.21. The molecule has 2 heteroatoms. The minimum Gasteiger partial charge on any atom is -0.356 e. The van der Waals surface area contributed by atoms with Crippen LogP contribution in [-0.4, -0.2) is 29.1 Å². The molecule has 1 aliphatic heterocycles. The quantitative estimate of drug-likeness (QED) is 0.0719. The lowest BCUT2D eigenvalue weighted by atomic mass is 10.0. The summed E-state index contributed by atoms with van der Waals surface area (Å²) in [5, 5.41) is 0. The molecule has 0 bridgehead atoms. The summed E-state index contributed by atoms with van der Waals surface area (Å²) >= 11 is 0. The molecule has 0 saturated carbocycles. The van der Waals surface area contributed by atoms with Crippen molar-refractivity contribution in [1.82, 2.24) is 9.80 Å². The van der Waals surface area contributed by atoms with Gasteiger partial charge in [-0.25, -0.2) is 0 Å². The molecule has 1 unspecified atom stereocenters. The van der Waals surface area contributed by atoms with Gasteiger partial charge >= 0.3 is 0 Å². The van der Waals surface area contributed by atoms with E-state index in [4.69, 9.17) is 0 Å². The van der Waals surface area contributed by atoms with Crippen molar-refractivity contribution >= 4 is 0 Å². The Bertz CT molecular complexity index is 530. The van der Waals surface area contributed by atoms with Crippen molar-refractivity contribution in [1.29, 1.82) is 0 Å². The monoisotopic (exact) mass is 575 g/mol. The average molecular weight is 575 g/mol. The van der Waals surface area contributed by atoms with Crippen LogP contribution < -0.4 is 0 Å². The van der Waals surface area contributed by atoms with Crippen LogP contribution in [-0.2, 0) is 0 Å². The zero-order valence-electron chi connectivity index (χ0n) is 29.0. The summed E-state index contributed by atoms with van der Waals surface area (Å²) in [6.07, 6.45) is 49.9. The van der Waals surface area contributed by atoms with Crippen LogP contribution in [0.3, 0.4) is 0 Å². The van der Waals surface area contributed by atoms with E-state index in [1.165, 1.54) is 212 Å². The summed E-state index contributed by atoms with van der Waals surface area (Å²) in [5.74, 6) is 0. The van der Waals surface area contributed by atoms with Crippen LogP contribution in [0.25, 0.3) is 0 Å². The molecule has 2 nitrogen and oxygen atoms in total. The Kier molecular flexibility index (Phi) is 28.8. The van der Waals surface area contributed by atoms with Gasteiger partial charge in [0.2, 0.25) is 0 Å². The fourth-order valence-electron chi connectivity index (χ4n) is 6.72. The van der Waals surface area contributed by atoms with Gasteiger partial charge in [0.1, 0.15) is 6.17 Å². The molecule has 0 aromatic heterocycles. The molecule has 41 heavy (non-hydrogen) atoms. The molecule has 0 aliphatic carbocycles. The second-order valence-electron chi connectivity index (χ2n) is 13.6. The van der Waals surface area contributed by atoms with Crippen molar-refractivity contribution in [3.05, 3.63) is 12.4 Å². The Morgan fingerprint density at radius 2 is 0.561 bits per heavy atom. The third kappa shape index (κ3) is 23.5. The van der Waals surface area contributed by atoms with Gasteiger partial charge in [-0.1, -0.05) is 194 Å². The molecule has 0 saturated heterocycles. The molecule has 0 aromatic carbocycles. The highest BCUT2D eigenvalue weighted by atomic mass is 15.4. The number of nitrogens with zero attached hydrogens (tertiary/aromatic N) is 2. The minimum absolute atomic E-state index is 0.640. The van der Waals surface area contributed by atoms with Gasteiger partial charge < -0.3 is 9.80 Å². The predicted molar refractivity (Wildman–Crippen MR) is 186 cm³/mol. The Labute approximate surface area is 260 Å². The highest BCUT2D eigenvalue weighted by molar-refractivity contribution is 4.97. The summed E-state index contributed by atoms with van der Waals surface area (Å²) in [6, 6.07) is 0. The van der Waals surface area contributed by atoms with Crippen molar-refractivity contribution in [3.63, 3.8) is 0 Å². The van der Waals surface area contributed by atoms with Gasteiger partial charge in [-0.2, -0.15) is 0 Å². The van der Waals surface area contributed by atoms with Crippen molar-refractivity contribution in [2.45, 2.75) is 226 Å². The van der Waals surface area contributed by atoms with Crippen molar-refractivity contribution in [3.8, 4) is 0 Å². The standard InChI is InChI=1S/C39H78N2/c1-4-7-10-13-16-18-20-21-22-23-25-28-31-34-39-40(35-32-29-26-15-12-9-6-3)37-38-41(39)36-33-30-27-24-19-17-14-11-8-5-2/h37-39H,4-36H2,1-3H3.